The van der Waals surface area contributed by atoms with Gasteiger partial charge in [0.2, 0.25) is 0 Å². The predicted molar refractivity (Wildman–Crippen MR) is 84.6 cm³/mol. The molecule has 3 heterocycles. The van der Waals surface area contributed by atoms with Crippen molar-refractivity contribution in [2.75, 3.05) is 6.54 Å². The summed E-state index contributed by atoms with van der Waals surface area (Å²) in [5.41, 5.74) is 5.80. The average molecular weight is 273 g/mol. The fourth-order valence-corrected chi connectivity index (χ4v) is 2.86. The molecule has 0 saturated carbocycles. The molecule has 0 saturated heterocycles. The van der Waals surface area contributed by atoms with E-state index in [1.807, 2.05) is 18.3 Å². The van der Waals surface area contributed by atoms with E-state index >= 15 is 0 Å². The molecule has 3 aromatic rings. The second-order valence-electron chi connectivity index (χ2n) is 5.09. The number of aliphatic imine (C=N–C) groups is 1. The first-order chi connectivity index (χ1) is 10.4. The lowest BCUT2D eigenvalue weighted by Gasteiger charge is -2.19. The molecule has 1 aliphatic heterocycles. The van der Waals surface area contributed by atoms with E-state index in [4.69, 9.17) is 4.99 Å². The molecule has 3 nitrogen and oxygen atoms in total. The molecular weight excluding hydrogens is 258 g/mol. The zero-order chi connectivity index (χ0) is 14.1. The van der Waals surface area contributed by atoms with E-state index in [1.165, 1.54) is 17.0 Å². The van der Waals surface area contributed by atoms with Crippen molar-refractivity contribution in [3.63, 3.8) is 0 Å². The van der Waals surface area contributed by atoms with Crippen molar-refractivity contribution in [1.29, 1.82) is 0 Å². The van der Waals surface area contributed by atoms with Crippen LogP contribution in [0.25, 0.3) is 11.3 Å². The van der Waals surface area contributed by atoms with Gasteiger partial charge in [-0.3, -0.25) is 9.98 Å². The van der Waals surface area contributed by atoms with Crippen LogP contribution in [0.2, 0.25) is 0 Å². The zero-order valence-corrected chi connectivity index (χ0v) is 11.6. The first-order valence-electron chi connectivity index (χ1n) is 7.14. The highest BCUT2D eigenvalue weighted by atomic mass is 15.1. The summed E-state index contributed by atoms with van der Waals surface area (Å²) in [6, 6.07) is 18.8. The van der Waals surface area contributed by atoms with E-state index in [2.05, 4.69) is 52.0 Å². The highest BCUT2D eigenvalue weighted by Crippen LogP contribution is 2.25. The van der Waals surface area contributed by atoms with Crippen LogP contribution in [0.3, 0.4) is 0 Å². The third-order valence-electron chi connectivity index (χ3n) is 3.82. The number of rotatable bonds is 2. The van der Waals surface area contributed by atoms with E-state index in [0.717, 1.165) is 24.4 Å². The Bertz CT molecular complexity index is 786. The van der Waals surface area contributed by atoms with E-state index in [1.54, 1.807) is 6.20 Å². The lowest BCUT2D eigenvalue weighted by atomic mass is 10.1. The Morgan fingerprint density at radius 3 is 2.43 bits per heavy atom. The standard InChI is InChI=1S/C18H15N3/c1-2-5-14(6-3-1)18-17-9-8-16(21(17)12-11-20-18)15-7-4-10-19-13-15/h1-10,13H,11-12H2. The summed E-state index contributed by atoms with van der Waals surface area (Å²) < 4.78 is 2.34. The van der Waals surface area contributed by atoms with Crippen LogP contribution in [0, 0.1) is 0 Å². The highest BCUT2D eigenvalue weighted by Gasteiger charge is 2.18. The number of pyridine rings is 1. The van der Waals surface area contributed by atoms with Gasteiger partial charge in [-0.15, -0.1) is 0 Å². The number of nitrogens with zero attached hydrogens (tertiary/aromatic N) is 3. The molecule has 0 bridgehead atoms. The lowest BCUT2D eigenvalue weighted by Crippen LogP contribution is -2.19. The second kappa shape index (κ2) is 5.02. The minimum Gasteiger partial charge on any atom is -0.337 e. The fourth-order valence-electron chi connectivity index (χ4n) is 2.86. The average Bonchev–Trinajstić information content (AvgIpc) is 3.00. The van der Waals surface area contributed by atoms with Crippen LogP contribution in [-0.2, 0) is 6.54 Å². The van der Waals surface area contributed by atoms with E-state index in [0.29, 0.717) is 0 Å². The first-order valence-corrected chi connectivity index (χ1v) is 7.14. The molecule has 0 aliphatic carbocycles. The fraction of sp³-hybridized carbons (Fsp3) is 0.111. The van der Waals surface area contributed by atoms with Crippen LogP contribution in [0.1, 0.15) is 11.3 Å². The van der Waals surface area contributed by atoms with Crippen molar-refractivity contribution < 1.29 is 0 Å². The Balaban J connectivity index is 1.83. The van der Waals surface area contributed by atoms with Crippen LogP contribution in [0.4, 0.5) is 0 Å². The largest absolute Gasteiger partial charge is 0.337 e. The van der Waals surface area contributed by atoms with Gasteiger partial charge in [-0.2, -0.15) is 0 Å². The summed E-state index contributed by atoms with van der Waals surface area (Å²) in [5.74, 6) is 0. The Labute approximate surface area is 123 Å². The van der Waals surface area contributed by atoms with E-state index < -0.39 is 0 Å². The molecule has 0 fully saturated rings. The molecule has 0 amide bonds. The van der Waals surface area contributed by atoms with Crippen LogP contribution < -0.4 is 0 Å². The Morgan fingerprint density at radius 1 is 0.810 bits per heavy atom. The summed E-state index contributed by atoms with van der Waals surface area (Å²) in [6.45, 7) is 1.74. The molecule has 0 spiro atoms. The maximum atomic E-state index is 4.73. The van der Waals surface area contributed by atoms with Crippen LogP contribution in [0.15, 0.2) is 72.0 Å². The number of fused-ring (bicyclic) bond motifs is 1. The molecule has 102 valence electrons. The molecule has 3 heteroatoms. The summed E-state index contributed by atoms with van der Waals surface area (Å²) in [7, 11) is 0. The van der Waals surface area contributed by atoms with Gasteiger partial charge in [0.15, 0.2) is 0 Å². The van der Waals surface area contributed by atoms with Crippen LogP contribution in [-0.4, -0.2) is 21.8 Å². The summed E-state index contributed by atoms with van der Waals surface area (Å²) in [5, 5.41) is 0. The smallest absolute Gasteiger partial charge is 0.0884 e. The van der Waals surface area contributed by atoms with Crippen molar-refractivity contribution in [2.24, 2.45) is 4.99 Å². The minimum absolute atomic E-state index is 0.819. The maximum Gasteiger partial charge on any atom is 0.0884 e. The number of hydrogen-bond donors (Lipinski definition) is 0. The third kappa shape index (κ3) is 2.07. The van der Waals surface area contributed by atoms with Crippen molar-refractivity contribution >= 4 is 5.71 Å². The van der Waals surface area contributed by atoms with E-state index in [-0.39, 0.29) is 0 Å². The first kappa shape index (κ1) is 12.1. The van der Waals surface area contributed by atoms with Gasteiger partial charge < -0.3 is 4.57 Å². The molecule has 4 rings (SSSR count). The molecule has 2 aromatic heterocycles. The molecule has 0 radical (unpaired) electrons. The van der Waals surface area contributed by atoms with Crippen LogP contribution in [0.5, 0.6) is 0 Å². The highest BCUT2D eigenvalue weighted by molar-refractivity contribution is 6.12. The molecule has 21 heavy (non-hydrogen) atoms. The van der Waals surface area contributed by atoms with Gasteiger partial charge in [0.25, 0.3) is 0 Å². The van der Waals surface area contributed by atoms with Gasteiger partial charge >= 0.3 is 0 Å². The number of aromatic nitrogens is 2. The lowest BCUT2D eigenvalue weighted by molar-refractivity contribution is 0.696. The van der Waals surface area contributed by atoms with Crippen molar-refractivity contribution in [2.45, 2.75) is 6.54 Å². The predicted octanol–water partition coefficient (Wildman–Crippen LogP) is 3.40. The third-order valence-corrected chi connectivity index (χ3v) is 3.82. The Kier molecular flexibility index (Phi) is 2.89. The molecule has 1 aromatic carbocycles. The van der Waals surface area contributed by atoms with Gasteiger partial charge in [-0.1, -0.05) is 30.3 Å². The van der Waals surface area contributed by atoms with Gasteiger partial charge in [0, 0.05) is 30.1 Å². The zero-order valence-electron chi connectivity index (χ0n) is 11.6. The normalized spacial score (nSPS) is 13.6. The second-order valence-corrected chi connectivity index (χ2v) is 5.09. The molecule has 1 aliphatic rings. The summed E-state index contributed by atoms with van der Waals surface area (Å²) in [6.07, 6.45) is 3.72. The van der Waals surface area contributed by atoms with Crippen molar-refractivity contribution in [3.05, 3.63) is 78.2 Å². The molecule has 0 unspecified atom stereocenters. The SMILES string of the molecule is c1ccc(C2=NCCn3c2ccc3-c2cccnc2)cc1. The quantitative estimate of drug-likeness (QED) is 0.704. The van der Waals surface area contributed by atoms with Gasteiger partial charge in [-0.05, 0) is 24.3 Å². The van der Waals surface area contributed by atoms with E-state index in [9.17, 15) is 0 Å². The number of hydrogen-bond acceptors (Lipinski definition) is 2. The molecule has 0 atom stereocenters. The summed E-state index contributed by atoms with van der Waals surface area (Å²) >= 11 is 0. The molecular formula is C18H15N3. The van der Waals surface area contributed by atoms with Gasteiger partial charge in [0.1, 0.15) is 0 Å². The topological polar surface area (TPSA) is 30.2 Å². The van der Waals surface area contributed by atoms with Gasteiger partial charge in [-0.25, -0.2) is 0 Å². The van der Waals surface area contributed by atoms with Crippen molar-refractivity contribution in [3.8, 4) is 11.3 Å². The molecule has 0 N–H and O–H groups in total. The minimum atomic E-state index is 0.819. The Hall–Kier alpha value is -2.68. The van der Waals surface area contributed by atoms with Gasteiger partial charge in [0.05, 0.1) is 23.6 Å². The summed E-state index contributed by atoms with van der Waals surface area (Å²) in [4.78, 5) is 8.95. The maximum absolute atomic E-state index is 4.73. The van der Waals surface area contributed by atoms with Crippen molar-refractivity contribution in [1.82, 2.24) is 9.55 Å². The number of benzene rings is 1. The monoisotopic (exact) mass is 273 g/mol. The van der Waals surface area contributed by atoms with Crippen LogP contribution >= 0.6 is 0 Å². The Morgan fingerprint density at radius 2 is 1.62 bits per heavy atom.